The van der Waals surface area contributed by atoms with Crippen LogP contribution in [0.3, 0.4) is 0 Å². The lowest BCUT2D eigenvalue weighted by molar-refractivity contribution is -0.140. The number of fused-ring (bicyclic) bond motifs is 12. The van der Waals surface area contributed by atoms with Gasteiger partial charge in [0.05, 0.1) is 36.1 Å². The summed E-state index contributed by atoms with van der Waals surface area (Å²) in [6, 6.07) is 17.9. The van der Waals surface area contributed by atoms with Crippen molar-refractivity contribution in [2.75, 3.05) is 39.3 Å². The van der Waals surface area contributed by atoms with E-state index < -0.39 is 12.2 Å². The Morgan fingerprint density at radius 1 is 0.565 bits per heavy atom. The zero-order valence-electron chi connectivity index (χ0n) is 37.0. The second-order valence-electron chi connectivity index (χ2n) is 20.4. The topological polar surface area (TPSA) is 137 Å². The summed E-state index contributed by atoms with van der Waals surface area (Å²) in [7, 11) is 0. The van der Waals surface area contributed by atoms with E-state index in [0.717, 1.165) is 103 Å². The Kier molecular flexibility index (Phi) is 12.8. The van der Waals surface area contributed by atoms with Crippen LogP contribution < -0.4 is 10.6 Å². The first kappa shape index (κ1) is 42.3. The minimum atomic E-state index is -0.549. The number of aromatic amines is 2. The molecule has 0 spiro atoms. The molecule has 0 radical (unpaired) electrons. The Bertz CT molecular complexity index is 2030. The van der Waals surface area contributed by atoms with Gasteiger partial charge in [-0.05, 0) is 111 Å². The third-order valence-electron chi connectivity index (χ3n) is 16.9. The number of hydrogen-bond donors (Lipinski definition) is 6. The molecule has 6 aliphatic rings. The van der Waals surface area contributed by atoms with Crippen LogP contribution in [0.15, 0.2) is 48.5 Å². The van der Waals surface area contributed by atoms with E-state index in [9.17, 15) is 19.8 Å². The van der Waals surface area contributed by atoms with Crippen LogP contribution in [0.2, 0.25) is 0 Å². The summed E-state index contributed by atoms with van der Waals surface area (Å²) in [5.41, 5.74) is 8.00. The summed E-state index contributed by atoms with van der Waals surface area (Å²) in [5.74, 6) is 0.903. The summed E-state index contributed by atoms with van der Waals surface area (Å²) < 4.78 is 0. The van der Waals surface area contributed by atoms with Crippen LogP contribution in [0.25, 0.3) is 21.8 Å². The fourth-order valence-electron chi connectivity index (χ4n) is 13.7. The number of carbonyl (C=O) groups is 2. The van der Waals surface area contributed by atoms with Gasteiger partial charge in [-0.25, -0.2) is 0 Å². The summed E-state index contributed by atoms with van der Waals surface area (Å²) in [6.45, 7) is 5.60. The molecule has 2 saturated carbocycles. The summed E-state index contributed by atoms with van der Waals surface area (Å²) in [4.78, 5) is 40.1. The molecule has 10 heteroatoms. The third kappa shape index (κ3) is 8.38. The molecule has 6 heterocycles. The van der Waals surface area contributed by atoms with Gasteiger partial charge in [0.15, 0.2) is 0 Å². The van der Waals surface area contributed by atoms with Crippen molar-refractivity contribution >= 4 is 33.6 Å². The van der Waals surface area contributed by atoms with Gasteiger partial charge in [-0.15, -0.1) is 0 Å². The minimum absolute atomic E-state index is 0.0676. The van der Waals surface area contributed by atoms with Crippen molar-refractivity contribution in [1.82, 2.24) is 30.4 Å². The Morgan fingerprint density at radius 2 is 0.968 bits per heavy atom. The fourth-order valence-corrected chi connectivity index (χ4v) is 13.7. The van der Waals surface area contributed by atoms with Crippen LogP contribution >= 0.6 is 0 Å². The number of hydrogen-bond acceptors (Lipinski definition) is 6. The van der Waals surface area contributed by atoms with Crippen molar-refractivity contribution in [3.8, 4) is 0 Å². The first-order valence-corrected chi connectivity index (χ1v) is 25.0. The second-order valence-corrected chi connectivity index (χ2v) is 20.4. The van der Waals surface area contributed by atoms with Gasteiger partial charge in [0, 0.05) is 72.5 Å². The van der Waals surface area contributed by atoms with Crippen LogP contribution in [0.1, 0.15) is 137 Å². The highest BCUT2D eigenvalue weighted by Crippen LogP contribution is 2.51. The van der Waals surface area contributed by atoms with Gasteiger partial charge in [-0.3, -0.25) is 19.4 Å². The van der Waals surface area contributed by atoms with E-state index >= 15 is 0 Å². The molecule has 2 saturated heterocycles. The van der Waals surface area contributed by atoms with Crippen molar-refractivity contribution in [1.29, 1.82) is 0 Å². The summed E-state index contributed by atoms with van der Waals surface area (Å²) in [5, 5.41) is 31.5. The predicted octanol–water partition coefficient (Wildman–Crippen LogP) is 8.10. The average molecular weight is 845 g/mol. The van der Waals surface area contributed by atoms with Crippen LogP contribution in [0.5, 0.6) is 0 Å². The molecule has 2 aromatic heterocycles. The number of H-pyrrole nitrogens is 2. The van der Waals surface area contributed by atoms with Crippen molar-refractivity contribution in [2.24, 2.45) is 35.5 Å². The number of nitrogens with zero attached hydrogens (tertiary/aromatic N) is 2. The number of unbranched alkanes of at least 4 members (excludes halogenated alkanes) is 9. The number of aliphatic hydroxyl groups excluding tert-OH is 2. The lowest BCUT2D eigenvalue weighted by Gasteiger charge is -2.51. The maximum atomic E-state index is 13.7. The van der Waals surface area contributed by atoms with E-state index in [0.29, 0.717) is 37.0 Å². The molecule has 10 atom stereocenters. The highest BCUT2D eigenvalue weighted by atomic mass is 16.3. The number of aliphatic hydroxyl groups is 2. The molecule has 4 fully saturated rings. The Hall–Kier alpha value is -3.70. The van der Waals surface area contributed by atoms with E-state index in [2.05, 4.69) is 78.9 Å². The molecule has 6 N–H and O–H groups in total. The van der Waals surface area contributed by atoms with E-state index in [1.807, 2.05) is 0 Å². The first-order valence-electron chi connectivity index (χ1n) is 25.0. The van der Waals surface area contributed by atoms with Crippen LogP contribution in [0.4, 0.5) is 0 Å². The van der Waals surface area contributed by atoms with Gasteiger partial charge in [-0.1, -0.05) is 87.8 Å². The molecule has 4 aliphatic heterocycles. The quantitative estimate of drug-likeness (QED) is 0.0670. The molecule has 2 aliphatic carbocycles. The second kappa shape index (κ2) is 18.8. The van der Waals surface area contributed by atoms with E-state index in [4.69, 9.17) is 0 Å². The van der Waals surface area contributed by atoms with E-state index in [1.54, 1.807) is 0 Å². The number of nitrogens with one attached hydrogen (secondary N) is 4. The van der Waals surface area contributed by atoms with E-state index in [-0.39, 0.29) is 35.5 Å². The van der Waals surface area contributed by atoms with Gasteiger partial charge in [-0.2, -0.15) is 0 Å². The highest BCUT2D eigenvalue weighted by molar-refractivity contribution is 5.86. The Labute approximate surface area is 368 Å². The number of amides is 2. The minimum Gasteiger partial charge on any atom is -0.392 e. The molecule has 334 valence electrons. The van der Waals surface area contributed by atoms with Gasteiger partial charge >= 0.3 is 0 Å². The zero-order valence-corrected chi connectivity index (χ0v) is 37.0. The van der Waals surface area contributed by atoms with Gasteiger partial charge in [0.1, 0.15) is 0 Å². The molecule has 2 aromatic carbocycles. The first-order chi connectivity index (χ1) is 30.4. The summed E-state index contributed by atoms with van der Waals surface area (Å²) >= 11 is 0. The molecule has 62 heavy (non-hydrogen) atoms. The molecule has 2 amide bonds. The van der Waals surface area contributed by atoms with Gasteiger partial charge in [0.25, 0.3) is 0 Å². The monoisotopic (exact) mass is 845 g/mol. The third-order valence-corrected chi connectivity index (χ3v) is 16.9. The number of carbonyl (C=O) groups excluding carboxylic acids is 2. The Morgan fingerprint density at radius 3 is 1.40 bits per heavy atom. The molecule has 0 bridgehead atoms. The van der Waals surface area contributed by atoms with Crippen molar-refractivity contribution < 1.29 is 19.8 Å². The lowest BCUT2D eigenvalue weighted by atomic mass is 9.64. The maximum absolute atomic E-state index is 13.7. The smallest absolute Gasteiger partial charge is 0.226 e. The molecular weight excluding hydrogens is 773 g/mol. The van der Waals surface area contributed by atoms with Crippen LogP contribution in [0, 0.1) is 35.5 Å². The summed E-state index contributed by atoms with van der Waals surface area (Å²) in [6.07, 6.45) is 18.0. The van der Waals surface area contributed by atoms with Gasteiger partial charge < -0.3 is 30.8 Å². The van der Waals surface area contributed by atoms with Gasteiger partial charge in [0.2, 0.25) is 11.8 Å². The van der Waals surface area contributed by atoms with Crippen molar-refractivity contribution in [3.63, 3.8) is 0 Å². The molecule has 4 aromatic rings. The Balaban J connectivity index is 0.594. The zero-order chi connectivity index (χ0) is 42.2. The van der Waals surface area contributed by atoms with Crippen LogP contribution in [-0.4, -0.2) is 93.3 Å². The maximum Gasteiger partial charge on any atom is 0.226 e. The van der Waals surface area contributed by atoms with Crippen molar-refractivity contribution in [3.05, 3.63) is 71.0 Å². The molecule has 10 nitrogen and oxygen atoms in total. The average Bonchev–Trinajstić information content (AvgIpc) is 3.87. The lowest BCUT2D eigenvalue weighted by Crippen LogP contribution is -2.54. The standard InChI is InChI=1S/C52H72N6O4/c59-45-21-19-33-31-57-27-23-37-35-15-9-11-17-41(35)55-49(37)43(57)29-39(33)47(45)51(61)53-25-13-7-5-3-1-2-4-6-8-14-26-54-52(62)48-40-30-44-50-38(36-16-10-12-18-42(36)56-50)24-28-58(44)32-34(40)20-22-46(48)60/h9-12,15-18,33-34,39-40,43-48,55-56,59-60H,1-8,13-14,19-32H2,(H,53,61)(H,54,62)/t33-,34-,39-,40-,43-,44-,45-,46-,47+,48+/m0/s1. The largest absolute Gasteiger partial charge is 0.392 e. The van der Waals surface area contributed by atoms with Crippen LogP contribution in [-0.2, 0) is 22.4 Å². The van der Waals surface area contributed by atoms with Crippen molar-refractivity contribution in [2.45, 2.75) is 140 Å². The highest BCUT2D eigenvalue weighted by Gasteiger charge is 2.50. The SMILES string of the molecule is O=C(NCCCCCCCCCCCCNC(=O)[C@@H]1[C@H]2C[C@H]3c4[nH]c5ccccc5c4CCN3C[C@@H]2CC[C@@H]1O)[C@@H]1[C@H]2C[C@H]3c4[nH]c5ccccc5c4CCN3C[C@@H]2CC[C@@H]1O. The number of benzene rings is 2. The molecule has 10 rings (SSSR count). The molecular formula is C52H72N6O4. The molecule has 0 unspecified atom stereocenters. The normalized spacial score (nSPS) is 30.7. The number of aromatic nitrogens is 2. The number of rotatable bonds is 15. The number of piperidine rings is 2. The predicted molar refractivity (Wildman–Crippen MR) is 245 cm³/mol. The number of para-hydroxylation sites is 2. The van der Waals surface area contributed by atoms with E-state index in [1.165, 1.54) is 82.8 Å². The fraction of sp³-hybridized carbons (Fsp3) is 0.654.